The molecule has 0 bridgehead atoms. The number of piperidine rings is 1. The van der Waals surface area contributed by atoms with Crippen LogP contribution in [0.2, 0.25) is 0 Å². The zero-order valence-corrected chi connectivity index (χ0v) is 9.68. The molecule has 1 aliphatic rings. The van der Waals surface area contributed by atoms with Gasteiger partial charge in [-0.05, 0) is 25.9 Å². The van der Waals surface area contributed by atoms with Gasteiger partial charge in [0.25, 0.3) is 0 Å². The lowest BCUT2D eigenvalue weighted by Gasteiger charge is -2.26. The second-order valence-electron chi connectivity index (χ2n) is 3.47. The van der Waals surface area contributed by atoms with Crippen LogP contribution in [0.4, 0.5) is 0 Å². The van der Waals surface area contributed by atoms with Crippen molar-refractivity contribution in [3.05, 3.63) is 11.1 Å². The summed E-state index contributed by atoms with van der Waals surface area (Å²) in [4.78, 5) is 2.47. The zero-order valence-electron chi connectivity index (χ0n) is 8.10. The first-order chi connectivity index (χ1) is 6.29. The topological polar surface area (TPSA) is 12.5 Å². The van der Waals surface area contributed by atoms with Crippen molar-refractivity contribution >= 4 is 15.9 Å². The van der Waals surface area contributed by atoms with Gasteiger partial charge in [0.1, 0.15) is 0 Å². The van der Waals surface area contributed by atoms with E-state index in [1.54, 1.807) is 0 Å². The minimum atomic E-state index is 0.633. The molecule has 13 heavy (non-hydrogen) atoms. The molecule has 1 rings (SSSR count). The van der Waals surface area contributed by atoms with Gasteiger partial charge in [-0.2, -0.15) is 0 Å². The van der Waals surface area contributed by atoms with Crippen LogP contribution in [0, 0.1) is 0 Å². The van der Waals surface area contributed by atoms with Crippen LogP contribution in [0.25, 0.3) is 0 Å². The van der Waals surface area contributed by atoms with E-state index in [0.717, 1.165) is 17.6 Å². The smallest absolute Gasteiger partial charge is 0.0776 e. The average molecular weight is 248 g/mol. The van der Waals surface area contributed by atoms with Crippen molar-refractivity contribution in [2.75, 3.05) is 32.8 Å². The van der Waals surface area contributed by atoms with Crippen LogP contribution in [-0.2, 0) is 4.74 Å². The Hall–Kier alpha value is 0.140. The molecule has 0 amide bonds. The van der Waals surface area contributed by atoms with Gasteiger partial charge in [-0.3, -0.25) is 0 Å². The van der Waals surface area contributed by atoms with E-state index in [0.29, 0.717) is 6.61 Å². The Morgan fingerprint density at radius 1 is 1.31 bits per heavy atom. The minimum Gasteiger partial charge on any atom is -0.375 e. The molecule has 0 N–H and O–H groups in total. The second kappa shape index (κ2) is 6.57. The van der Waals surface area contributed by atoms with E-state index in [1.807, 2.05) is 0 Å². The molecule has 0 aromatic carbocycles. The van der Waals surface area contributed by atoms with Gasteiger partial charge < -0.3 is 9.64 Å². The zero-order chi connectivity index (χ0) is 9.52. The molecule has 0 aromatic heterocycles. The maximum absolute atomic E-state index is 5.41. The number of ether oxygens (including phenoxy) is 1. The van der Waals surface area contributed by atoms with Crippen molar-refractivity contribution in [1.29, 1.82) is 0 Å². The number of nitrogens with zero attached hydrogens (tertiary/aromatic N) is 1. The summed E-state index contributed by atoms with van der Waals surface area (Å²) >= 11 is 3.27. The van der Waals surface area contributed by atoms with Gasteiger partial charge in [0, 0.05) is 11.0 Å². The number of hydrogen-bond donors (Lipinski definition) is 0. The fourth-order valence-electron chi connectivity index (χ4n) is 1.56. The Kier molecular flexibility index (Phi) is 5.67. The monoisotopic (exact) mass is 247 g/mol. The summed E-state index contributed by atoms with van der Waals surface area (Å²) in [5, 5.41) is 0. The molecule has 0 aliphatic carbocycles. The lowest BCUT2D eigenvalue weighted by Crippen LogP contribution is -2.32. The molecule has 0 spiro atoms. The molecule has 0 atom stereocenters. The summed E-state index contributed by atoms with van der Waals surface area (Å²) < 4.78 is 6.33. The molecule has 1 fully saturated rings. The van der Waals surface area contributed by atoms with Gasteiger partial charge in [-0.15, -0.1) is 0 Å². The van der Waals surface area contributed by atoms with Crippen molar-refractivity contribution in [1.82, 2.24) is 4.90 Å². The van der Waals surface area contributed by atoms with Gasteiger partial charge in [-0.25, -0.2) is 0 Å². The average Bonchev–Trinajstić information content (AvgIpc) is 2.14. The van der Waals surface area contributed by atoms with Gasteiger partial charge in [0.2, 0.25) is 0 Å². The molecule has 2 nitrogen and oxygen atoms in total. The minimum absolute atomic E-state index is 0.633. The molecule has 0 radical (unpaired) electrons. The summed E-state index contributed by atoms with van der Waals surface area (Å²) in [5.74, 6) is 0. The van der Waals surface area contributed by atoms with Crippen LogP contribution in [0.15, 0.2) is 11.1 Å². The Balaban J connectivity index is 1.95. The van der Waals surface area contributed by atoms with Gasteiger partial charge in [0.05, 0.1) is 13.2 Å². The van der Waals surface area contributed by atoms with E-state index in [1.165, 1.54) is 32.4 Å². The molecule has 3 heteroatoms. The third kappa shape index (κ3) is 5.45. The van der Waals surface area contributed by atoms with Crippen LogP contribution >= 0.6 is 15.9 Å². The third-order valence-electron chi connectivity index (χ3n) is 2.26. The summed E-state index contributed by atoms with van der Waals surface area (Å²) in [6.07, 6.45) is 4.10. The van der Waals surface area contributed by atoms with Crippen molar-refractivity contribution < 1.29 is 4.74 Å². The molecule has 1 heterocycles. The van der Waals surface area contributed by atoms with Crippen LogP contribution in [0.5, 0.6) is 0 Å². The fourth-order valence-corrected chi connectivity index (χ4v) is 1.72. The lowest BCUT2D eigenvalue weighted by molar-refractivity contribution is 0.114. The predicted molar refractivity (Wildman–Crippen MR) is 59.2 cm³/mol. The Bertz CT molecular complexity index is 155. The normalized spacial score (nSPS) is 18.8. The SMILES string of the molecule is C=C(Br)COCCN1CCCCC1. The first-order valence-electron chi connectivity index (χ1n) is 4.92. The van der Waals surface area contributed by atoms with Crippen LogP contribution < -0.4 is 0 Å². The molecular formula is C10H18BrNO. The lowest BCUT2D eigenvalue weighted by atomic mass is 10.1. The maximum Gasteiger partial charge on any atom is 0.0776 e. The summed E-state index contributed by atoms with van der Waals surface area (Å²) in [5.41, 5.74) is 0. The first kappa shape index (κ1) is 11.2. The first-order valence-corrected chi connectivity index (χ1v) is 5.72. The highest BCUT2D eigenvalue weighted by Crippen LogP contribution is 2.08. The van der Waals surface area contributed by atoms with Gasteiger partial charge in [-0.1, -0.05) is 28.9 Å². The fraction of sp³-hybridized carbons (Fsp3) is 0.800. The quantitative estimate of drug-likeness (QED) is 0.693. The largest absolute Gasteiger partial charge is 0.375 e. The highest BCUT2D eigenvalue weighted by Gasteiger charge is 2.08. The van der Waals surface area contributed by atoms with Crippen LogP contribution in [-0.4, -0.2) is 37.7 Å². The van der Waals surface area contributed by atoms with Crippen molar-refractivity contribution in [3.63, 3.8) is 0 Å². The van der Waals surface area contributed by atoms with Crippen molar-refractivity contribution in [2.24, 2.45) is 0 Å². The van der Waals surface area contributed by atoms with E-state index < -0.39 is 0 Å². The molecule has 0 unspecified atom stereocenters. The van der Waals surface area contributed by atoms with Crippen molar-refractivity contribution in [2.45, 2.75) is 19.3 Å². The molecule has 0 saturated carbocycles. The number of hydrogen-bond acceptors (Lipinski definition) is 2. The molecule has 0 aromatic rings. The molecular weight excluding hydrogens is 230 g/mol. The van der Waals surface area contributed by atoms with E-state index in [2.05, 4.69) is 27.4 Å². The summed E-state index contributed by atoms with van der Waals surface area (Å²) in [6.45, 7) is 8.74. The Morgan fingerprint density at radius 2 is 2.00 bits per heavy atom. The number of likely N-dealkylation sites (tertiary alicyclic amines) is 1. The van der Waals surface area contributed by atoms with Crippen LogP contribution in [0.1, 0.15) is 19.3 Å². The highest BCUT2D eigenvalue weighted by atomic mass is 79.9. The standard InChI is InChI=1S/C10H18BrNO/c1-10(11)9-13-8-7-12-5-3-2-4-6-12/h1-9H2. The third-order valence-corrected chi connectivity index (χ3v) is 2.49. The van der Waals surface area contributed by atoms with E-state index in [4.69, 9.17) is 4.74 Å². The van der Waals surface area contributed by atoms with E-state index in [9.17, 15) is 0 Å². The van der Waals surface area contributed by atoms with Crippen LogP contribution in [0.3, 0.4) is 0 Å². The molecule has 1 saturated heterocycles. The van der Waals surface area contributed by atoms with Crippen molar-refractivity contribution in [3.8, 4) is 0 Å². The van der Waals surface area contributed by atoms with E-state index >= 15 is 0 Å². The molecule has 76 valence electrons. The highest BCUT2D eigenvalue weighted by molar-refractivity contribution is 9.11. The number of rotatable bonds is 5. The predicted octanol–water partition coefficient (Wildman–Crippen LogP) is 2.40. The Labute approximate surface area is 89.1 Å². The summed E-state index contributed by atoms with van der Waals surface area (Å²) in [7, 11) is 0. The van der Waals surface area contributed by atoms with E-state index in [-0.39, 0.29) is 0 Å². The summed E-state index contributed by atoms with van der Waals surface area (Å²) in [6, 6.07) is 0. The second-order valence-corrected chi connectivity index (χ2v) is 4.59. The number of halogens is 1. The Morgan fingerprint density at radius 3 is 2.62 bits per heavy atom. The van der Waals surface area contributed by atoms with Gasteiger partial charge in [0.15, 0.2) is 0 Å². The molecule has 1 aliphatic heterocycles. The van der Waals surface area contributed by atoms with Gasteiger partial charge >= 0.3 is 0 Å². The maximum atomic E-state index is 5.41.